The Morgan fingerprint density at radius 2 is 1.07 bits per heavy atom. The zero-order chi connectivity index (χ0) is 29.4. The van der Waals surface area contributed by atoms with E-state index in [4.69, 9.17) is 9.47 Å². The highest BCUT2D eigenvalue weighted by atomic mass is 16.5. The molecule has 0 saturated heterocycles. The second-order valence-corrected chi connectivity index (χ2v) is 11.5. The van der Waals surface area contributed by atoms with Crippen molar-refractivity contribution < 1.29 is 14.6 Å². The van der Waals surface area contributed by atoms with Crippen LogP contribution in [0.1, 0.15) is 85.8 Å². The molecule has 0 aliphatic heterocycles. The van der Waals surface area contributed by atoms with Gasteiger partial charge < -0.3 is 14.6 Å². The first kappa shape index (κ1) is 30.3. The van der Waals surface area contributed by atoms with Crippen LogP contribution in [0.4, 0.5) is 0 Å². The number of aliphatic hydroxyl groups excluding tert-OH is 1. The van der Waals surface area contributed by atoms with Gasteiger partial charge in [-0.2, -0.15) is 0 Å². The second-order valence-electron chi connectivity index (χ2n) is 11.5. The van der Waals surface area contributed by atoms with Crippen molar-refractivity contribution >= 4 is 0 Å². The Bertz CT molecular complexity index is 1310. The van der Waals surface area contributed by atoms with E-state index in [-0.39, 0.29) is 31.0 Å². The molecule has 0 spiro atoms. The summed E-state index contributed by atoms with van der Waals surface area (Å²) in [6.45, 7) is 14.7. The SMILES string of the molecule is C=CC(C)(C)OCC(O)COc1c(C(C)c2ccccc2)cc(C(C)c2ccccc2)cc1C(C)c1ccccc1. The third-order valence-corrected chi connectivity index (χ3v) is 8.06. The summed E-state index contributed by atoms with van der Waals surface area (Å²) in [4.78, 5) is 0. The Morgan fingerprint density at radius 3 is 1.49 bits per heavy atom. The van der Waals surface area contributed by atoms with E-state index in [9.17, 15) is 5.11 Å². The minimum absolute atomic E-state index is 0.0870. The average molecular weight is 549 g/mol. The van der Waals surface area contributed by atoms with Crippen molar-refractivity contribution in [1.29, 1.82) is 0 Å². The Hall–Kier alpha value is -3.66. The second kappa shape index (κ2) is 13.8. The van der Waals surface area contributed by atoms with Gasteiger partial charge in [-0.3, -0.25) is 0 Å². The maximum Gasteiger partial charge on any atom is 0.127 e. The van der Waals surface area contributed by atoms with E-state index >= 15 is 0 Å². The lowest BCUT2D eigenvalue weighted by Gasteiger charge is -2.28. The van der Waals surface area contributed by atoms with Crippen LogP contribution in [-0.4, -0.2) is 30.0 Å². The number of hydrogen-bond acceptors (Lipinski definition) is 3. The zero-order valence-corrected chi connectivity index (χ0v) is 25.1. The lowest BCUT2D eigenvalue weighted by molar-refractivity contribution is -0.0447. The third-order valence-electron chi connectivity index (χ3n) is 8.06. The molecule has 41 heavy (non-hydrogen) atoms. The summed E-state index contributed by atoms with van der Waals surface area (Å²) >= 11 is 0. The van der Waals surface area contributed by atoms with Gasteiger partial charge in [0.15, 0.2) is 0 Å². The first-order chi connectivity index (χ1) is 19.7. The molecule has 4 atom stereocenters. The Morgan fingerprint density at radius 1 is 0.659 bits per heavy atom. The standard InChI is InChI=1S/C38H44O3/c1-7-38(5,6)41-26-34(39)25-40-37-35(28(3)31-19-13-9-14-20-31)23-33(27(2)30-17-11-8-12-18-30)24-36(37)29(4)32-21-15-10-16-22-32/h7-24,27-29,34,39H,1,25-26H2,2-6H3. The van der Waals surface area contributed by atoms with Crippen molar-refractivity contribution in [3.63, 3.8) is 0 Å². The predicted octanol–water partition coefficient (Wildman–Crippen LogP) is 8.86. The molecule has 0 radical (unpaired) electrons. The van der Waals surface area contributed by atoms with Crippen molar-refractivity contribution in [2.24, 2.45) is 0 Å². The average Bonchev–Trinajstić information content (AvgIpc) is 3.02. The summed E-state index contributed by atoms with van der Waals surface area (Å²) in [5, 5.41) is 10.9. The molecule has 0 bridgehead atoms. The van der Waals surface area contributed by atoms with Gasteiger partial charge in [0.2, 0.25) is 0 Å². The summed E-state index contributed by atoms with van der Waals surface area (Å²) in [7, 11) is 0. The molecule has 0 aromatic heterocycles. The van der Waals surface area contributed by atoms with Gasteiger partial charge in [-0.1, -0.05) is 130 Å². The van der Waals surface area contributed by atoms with Gasteiger partial charge in [0, 0.05) is 28.9 Å². The van der Waals surface area contributed by atoms with Gasteiger partial charge in [0.1, 0.15) is 18.5 Å². The molecule has 1 N–H and O–H groups in total. The summed E-state index contributed by atoms with van der Waals surface area (Å²) < 4.78 is 12.5. The zero-order valence-electron chi connectivity index (χ0n) is 25.1. The fourth-order valence-corrected chi connectivity index (χ4v) is 5.13. The number of benzene rings is 4. The summed E-state index contributed by atoms with van der Waals surface area (Å²) in [5.74, 6) is 1.21. The number of hydrogen-bond donors (Lipinski definition) is 1. The minimum Gasteiger partial charge on any atom is -0.490 e. The van der Waals surface area contributed by atoms with Crippen molar-refractivity contribution in [3.05, 3.63) is 149 Å². The molecule has 0 aliphatic carbocycles. The van der Waals surface area contributed by atoms with Crippen LogP contribution in [0.3, 0.4) is 0 Å². The van der Waals surface area contributed by atoms with Crippen molar-refractivity contribution in [3.8, 4) is 5.75 Å². The van der Waals surface area contributed by atoms with Crippen LogP contribution >= 0.6 is 0 Å². The molecule has 0 fully saturated rings. The fourth-order valence-electron chi connectivity index (χ4n) is 5.13. The normalized spacial score (nSPS) is 14.6. The molecular formula is C38H44O3. The smallest absolute Gasteiger partial charge is 0.127 e. The topological polar surface area (TPSA) is 38.7 Å². The van der Waals surface area contributed by atoms with E-state index in [0.29, 0.717) is 0 Å². The fraction of sp³-hybridized carbons (Fsp3) is 0.316. The van der Waals surface area contributed by atoms with Gasteiger partial charge in [0.05, 0.1) is 12.2 Å². The molecule has 3 heteroatoms. The summed E-state index contributed by atoms with van der Waals surface area (Å²) in [6.07, 6.45) is 0.962. The molecule has 4 rings (SSSR count). The van der Waals surface area contributed by atoms with Gasteiger partial charge >= 0.3 is 0 Å². The van der Waals surface area contributed by atoms with E-state index in [1.54, 1.807) is 6.08 Å². The summed E-state index contributed by atoms with van der Waals surface area (Å²) in [5.41, 5.74) is 6.68. The van der Waals surface area contributed by atoms with Crippen LogP contribution in [0.5, 0.6) is 5.75 Å². The van der Waals surface area contributed by atoms with Crippen LogP contribution in [0.2, 0.25) is 0 Å². The molecule has 0 amide bonds. The predicted molar refractivity (Wildman–Crippen MR) is 170 cm³/mol. The molecular weight excluding hydrogens is 504 g/mol. The maximum atomic E-state index is 10.9. The van der Waals surface area contributed by atoms with E-state index in [2.05, 4.69) is 118 Å². The van der Waals surface area contributed by atoms with E-state index in [1.807, 2.05) is 26.0 Å². The molecule has 4 aromatic carbocycles. The molecule has 3 nitrogen and oxygen atoms in total. The number of aliphatic hydroxyl groups is 1. The Labute approximate surface area is 246 Å². The lowest BCUT2D eigenvalue weighted by atomic mass is 9.81. The Kier molecular flexibility index (Phi) is 10.2. The maximum absolute atomic E-state index is 10.9. The van der Waals surface area contributed by atoms with Gasteiger partial charge in [-0.05, 0) is 36.1 Å². The third kappa shape index (κ3) is 7.75. The number of rotatable bonds is 13. The molecule has 0 heterocycles. The monoisotopic (exact) mass is 548 g/mol. The van der Waals surface area contributed by atoms with Crippen LogP contribution < -0.4 is 4.74 Å². The highest BCUT2D eigenvalue weighted by molar-refractivity contribution is 5.54. The first-order valence-corrected chi connectivity index (χ1v) is 14.6. The number of ether oxygens (including phenoxy) is 2. The highest BCUT2D eigenvalue weighted by Crippen LogP contribution is 2.42. The molecule has 4 aromatic rings. The molecule has 0 aliphatic rings. The van der Waals surface area contributed by atoms with Gasteiger partial charge in [-0.15, -0.1) is 6.58 Å². The lowest BCUT2D eigenvalue weighted by Crippen LogP contribution is -2.30. The molecule has 214 valence electrons. The molecule has 4 unspecified atom stereocenters. The quantitative estimate of drug-likeness (QED) is 0.170. The molecule has 0 saturated carbocycles. The Balaban J connectivity index is 1.81. The highest BCUT2D eigenvalue weighted by Gasteiger charge is 2.25. The van der Waals surface area contributed by atoms with Crippen molar-refractivity contribution in [1.82, 2.24) is 0 Å². The van der Waals surface area contributed by atoms with Crippen molar-refractivity contribution in [2.45, 2.75) is 64.1 Å². The van der Waals surface area contributed by atoms with Crippen molar-refractivity contribution in [2.75, 3.05) is 13.2 Å². The van der Waals surface area contributed by atoms with E-state index in [1.165, 1.54) is 22.3 Å². The van der Waals surface area contributed by atoms with E-state index < -0.39 is 11.7 Å². The largest absolute Gasteiger partial charge is 0.490 e. The van der Waals surface area contributed by atoms with Crippen LogP contribution in [0.25, 0.3) is 0 Å². The first-order valence-electron chi connectivity index (χ1n) is 14.6. The van der Waals surface area contributed by atoms with Crippen LogP contribution in [0.15, 0.2) is 116 Å². The van der Waals surface area contributed by atoms with Crippen LogP contribution in [0, 0.1) is 0 Å². The van der Waals surface area contributed by atoms with Gasteiger partial charge in [-0.25, -0.2) is 0 Å². The minimum atomic E-state index is -0.781. The van der Waals surface area contributed by atoms with Gasteiger partial charge in [0.25, 0.3) is 0 Å². The van der Waals surface area contributed by atoms with E-state index in [0.717, 1.165) is 16.9 Å². The summed E-state index contributed by atoms with van der Waals surface area (Å²) in [6, 6.07) is 36.3. The van der Waals surface area contributed by atoms with Crippen LogP contribution in [-0.2, 0) is 4.74 Å².